The Morgan fingerprint density at radius 2 is 2.33 bits per heavy atom. The predicted molar refractivity (Wildman–Crippen MR) is 49.1 cm³/mol. The fourth-order valence-electron chi connectivity index (χ4n) is 0.925. The highest BCUT2D eigenvalue weighted by Crippen LogP contribution is 2.21. The molecule has 1 aromatic rings. The molecule has 0 unspecified atom stereocenters. The Morgan fingerprint density at radius 3 is 2.75 bits per heavy atom. The number of carbonyl (C=O) groups excluding carboxylic acids is 2. The summed E-state index contributed by atoms with van der Waals surface area (Å²) in [5, 5.41) is 0. The molecule has 0 aliphatic rings. The number of thiophene rings is 1. The second-order valence-corrected chi connectivity index (χ2v) is 3.77. The third-order valence-electron chi connectivity index (χ3n) is 1.68. The van der Waals surface area contributed by atoms with Crippen LogP contribution in [0.1, 0.15) is 38.3 Å². The molecule has 0 atom stereocenters. The van der Waals surface area contributed by atoms with Crippen molar-refractivity contribution in [3.05, 3.63) is 21.4 Å². The Bertz CT molecular complexity index is 312. The maximum atomic E-state index is 11.2. The van der Waals surface area contributed by atoms with Gasteiger partial charge < -0.3 is 0 Å². The van der Waals surface area contributed by atoms with E-state index in [4.69, 9.17) is 0 Å². The van der Waals surface area contributed by atoms with Crippen LogP contribution in [0.25, 0.3) is 0 Å². The minimum Gasteiger partial charge on any atom is -0.298 e. The molecule has 0 amide bonds. The topological polar surface area (TPSA) is 34.1 Å². The van der Waals surface area contributed by atoms with Crippen LogP contribution in [-0.2, 0) is 0 Å². The number of hydrogen-bond donors (Lipinski definition) is 0. The Labute approximate surface area is 75.2 Å². The fraction of sp³-hybridized carbons (Fsp3) is 0.333. The van der Waals surface area contributed by atoms with Gasteiger partial charge >= 0.3 is 0 Å². The molecule has 1 heterocycles. The highest BCUT2D eigenvalue weighted by atomic mass is 32.1. The molecule has 2 nitrogen and oxygen atoms in total. The summed E-state index contributed by atoms with van der Waals surface area (Å²) in [5.41, 5.74) is 0.636. The molecule has 0 aliphatic carbocycles. The van der Waals surface area contributed by atoms with Gasteiger partial charge in [0.25, 0.3) is 0 Å². The minimum absolute atomic E-state index is 0.108. The van der Waals surface area contributed by atoms with Gasteiger partial charge in [0.05, 0.1) is 4.88 Å². The zero-order valence-electron chi connectivity index (χ0n) is 7.09. The molecule has 0 saturated carbocycles. The number of carbonyl (C=O) groups is 2. The number of hydrogen-bond acceptors (Lipinski definition) is 3. The lowest BCUT2D eigenvalue weighted by Gasteiger charge is -1.87. The average molecular weight is 182 g/mol. The molecule has 3 heteroatoms. The number of rotatable bonds is 3. The van der Waals surface area contributed by atoms with Gasteiger partial charge in [-0.1, -0.05) is 6.92 Å². The van der Waals surface area contributed by atoms with Crippen LogP contribution in [0, 0.1) is 6.92 Å². The third-order valence-corrected chi connectivity index (χ3v) is 2.79. The van der Waals surface area contributed by atoms with E-state index in [1.54, 1.807) is 6.07 Å². The van der Waals surface area contributed by atoms with E-state index >= 15 is 0 Å². The molecule has 0 aromatic carbocycles. The molecular weight excluding hydrogens is 172 g/mol. The van der Waals surface area contributed by atoms with Crippen LogP contribution in [-0.4, -0.2) is 12.1 Å². The van der Waals surface area contributed by atoms with Crippen LogP contribution in [0.2, 0.25) is 0 Å². The van der Waals surface area contributed by atoms with Gasteiger partial charge in [-0.2, -0.15) is 0 Å². The van der Waals surface area contributed by atoms with Gasteiger partial charge in [0.1, 0.15) is 0 Å². The van der Waals surface area contributed by atoms with Crippen LogP contribution >= 0.6 is 11.3 Å². The SMILES string of the molecule is CCC(=O)c1cc(C=O)c(C)s1. The van der Waals surface area contributed by atoms with Crippen molar-refractivity contribution >= 4 is 23.4 Å². The molecule has 1 aromatic heterocycles. The van der Waals surface area contributed by atoms with Crippen molar-refractivity contribution in [3.8, 4) is 0 Å². The van der Waals surface area contributed by atoms with E-state index in [-0.39, 0.29) is 5.78 Å². The van der Waals surface area contributed by atoms with E-state index in [1.165, 1.54) is 11.3 Å². The summed E-state index contributed by atoms with van der Waals surface area (Å²) in [6, 6.07) is 1.67. The zero-order chi connectivity index (χ0) is 9.14. The maximum absolute atomic E-state index is 11.2. The van der Waals surface area contributed by atoms with Gasteiger partial charge in [-0.05, 0) is 13.0 Å². The normalized spacial score (nSPS) is 9.83. The number of aryl methyl sites for hydroxylation is 1. The van der Waals surface area contributed by atoms with Crippen molar-refractivity contribution in [3.63, 3.8) is 0 Å². The van der Waals surface area contributed by atoms with Crippen molar-refractivity contribution in [1.29, 1.82) is 0 Å². The van der Waals surface area contributed by atoms with Crippen molar-refractivity contribution in [2.45, 2.75) is 20.3 Å². The van der Waals surface area contributed by atoms with E-state index in [9.17, 15) is 9.59 Å². The number of aldehydes is 1. The highest BCUT2D eigenvalue weighted by molar-refractivity contribution is 7.14. The number of Topliss-reactive ketones (excluding diaryl/α,β-unsaturated/α-hetero) is 1. The largest absolute Gasteiger partial charge is 0.298 e. The maximum Gasteiger partial charge on any atom is 0.172 e. The lowest BCUT2D eigenvalue weighted by molar-refractivity contribution is 0.0992. The lowest BCUT2D eigenvalue weighted by atomic mass is 10.2. The van der Waals surface area contributed by atoms with Crippen LogP contribution in [0.4, 0.5) is 0 Å². The van der Waals surface area contributed by atoms with E-state index in [1.807, 2.05) is 13.8 Å². The minimum atomic E-state index is 0.108. The summed E-state index contributed by atoms with van der Waals surface area (Å²) >= 11 is 1.39. The first-order valence-electron chi connectivity index (χ1n) is 3.77. The molecular formula is C9H10O2S. The van der Waals surface area contributed by atoms with E-state index in [2.05, 4.69) is 0 Å². The van der Waals surface area contributed by atoms with Crippen LogP contribution in [0.3, 0.4) is 0 Å². The summed E-state index contributed by atoms with van der Waals surface area (Å²) < 4.78 is 0. The second kappa shape index (κ2) is 3.63. The van der Waals surface area contributed by atoms with E-state index < -0.39 is 0 Å². The smallest absolute Gasteiger partial charge is 0.172 e. The van der Waals surface area contributed by atoms with Crippen molar-refractivity contribution in [1.82, 2.24) is 0 Å². The average Bonchev–Trinajstić information content (AvgIpc) is 2.45. The lowest BCUT2D eigenvalue weighted by Crippen LogP contribution is -1.91. The second-order valence-electron chi connectivity index (χ2n) is 2.52. The molecule has 0 radical (unpaired) electrons. The first-order valence-corrected chi connectivity index (χ1v) is 4.59. The Hall–Kier alpha value is -0.960. The van der Waals surface area contributed by atoms with Gasteiger partial charge in [0.15, 0.2) is 12.1 Å². The van der Waals surface area contributed by atoms with Crippen molar-refractivity contribution < 1.29 is 9.59 Å². The van der Waals surface area contributed by atoms with Crippen LogP contribution in [0.15, 0.2) is 6.07 Å². The summed E-state index contributed by atoms with van der Waals surface area (Å²) in [6.07, 6.45) is 1.29. The van der Waals surface area contributed by atoms with Crippen molar-refractivity contribution in [2.75, 3.05) is 0 Å². The van der Waals surface area contributed by atoms with E-state index in [0.717, 1.165) is 11.2 Å². The standard InChI is InChI=1S/C9H10O2S/c1-3-8(11)9-4-7(5-10)6(2)12-9/h4-5H,3H2,1-2H3. The van der Waals surface area contributed by atoms with Crippen LogP contribution in [0.5, 0.6) is 0 Å². The van der Waals surface area contributed by atoms with Gasteiger partial charge in [-0.3, -0.25) is 9.59 Å². The zero-order valence-corrected chi connectivity index (χ0v) is 7.90. The first-order chi connectivity index (χ1) is 5.69. The summed E-state index contributed by atoms with van der Waals surface area (Å²) in [5.74, 6) is 0.108. The van der Waals surface area contributed by atoms with E-state index in [0.29, 0.717) is 16.9 Å². The predicted octanol–water partition coefficient (Wildman–Crippen LogP) is 2.46. The first kappa shape index (κ1) is 9.13. The highest BCUT2D eigenvalue weighted by Gasteiger charge is 2.09. The molecule has 0 bridgehead atoms. The van der Waals surface area contributed by atoms with Gasteiger partial charge in [0.2, 0.25) is 0 Å². The molecule has 12 heavy (non-hydrogen) atoms. The molecule has 0 spiro atoms. The molecule has 64 valence electrons. The summed E-state index contributed by atoms with van der Waals surface area (Å²) in [7, 11) is 0. The summed E-state index contributed by atoms with van der Waals surface area (Å²) in [4.78, 5) is 23.2. The van der Waals surface area contributed by atoms with Gasteiger partial charge in [-0.15, -0.1) is 11.3 Å². The Balaban J connectivity index is 3.04. The third kappa shape index (κ3) is 1.61. The number of ketones is 1. The Morgan fingerprint density at radius 1 is 1.67 bits per heavy atom. The van der Waals surface area contributed by atoms with Gasteiger partial charge in [0, 0.05) is 16.9 Å². The Kier molecular flexibility index (Phi) is 2.76. The molecule has 0 N–H and O–H groups in total. The molecule has 0 aliphatic heterocycles. The molecule has 1 rings (SSSR count). The molecule has 0 fully saturated rings. The quantitative estimate of drug-likeness (QED) is 0.531. The molecule has 0 saturated heterocycles. The monoisotopic (exact) mass is 182 g/mol. The fourth-order valence-corrected chi connectivity index (χ4v) is 1.92. The van der Waals surface area contributed by atoms with Crippen molar-refractivity contribution in [2.24, 2.45) is 0 Å². The van der Waals surface area contributed by atoms with Crippen LogP contribution < -0.4 is 0 Å². The summed E-state index contributed by atoms with van der Waals surface area (Å²) in [6.45, 7) is 3.67. The van der Waals surface area contributed by atoms with Gasteiger partial charge in [-0.25, -0.2) is 0 Å².